The molecule has 3 amide bonds. The smallest absolute Gasteiger partial charge is 0.244 e. The molecule has 1 aromatic heterocycles. The molecule has 1 atom stereocenters. The van der Waals surface area contributed by atoms with Gasteiger partial charge in [-0.3, -0.25) is 19.6 Å². The van der Waals surface area contributed by atoms with Crippen LogP contribution in [0.3, 0.4) is 0 Å². The summed E-state index contributed by atoms with van der Waals surface area (Å²) in [6, 6.07) is 3.44. The van der Waals surface area contributed by atoms with Gasteiger partial charge in [0, 0.05) is 12.3 Å². The van der Waals surface area contributed by atoms with Gasteiger partial charge in [-0.2, -0.15) is 0 Å². The van der Waals surface area contributed by atoms with Crippen molar-refractivity contribution < 1.29 is 24.0 Å². The van der Waals surface area contributed by atoms with Gasteiger partial charge in [-0.05, 0) is 24.5 Å². The molecule has 1 rings (SSSR count). The van der Waals surface area contributed by atoms with Crippen LogP contribution in [0.25, 0.3) is 0 Å². The van der Waals surface area contributed by atoms with E-state index in [1.54, 1.807) is 12.1 Å². The predicted octanol–water partition coefficient (Wildman–Crippen LogP) is 0.570. The maximum absolute atomic E-state index is 12.1. The molecule has 128 valence electrons. The number of hydroxylamine groups is 1. The van der Waals surface area contributed by atoms with Crippen LogP contribution in [0.4, 0.5) is 0 Å². The Morgan fingerprint density at radius 3 is 2.52 bits per heavy atom. The average Bonchev–Trinajstić information content (AvgIpc) is 3.02. The number of hydrogen-bond acceptors (Lipinski definition) is 5. The fourth-order valence-corrected chi connectivity index (χ4v) is 2.09. The molecule has 0 spiro atoms. The molecule has 1 heterocycles. The summed E-state index contributed by atoms with van der Waals surface area (Å²) in [5.74, 6) is -1.17. The Kier molecular flexibility index (Phi) is 7.82. The molecule has 0 aliphatic heterocycles. The molecule has 0 saturated heterocycles. The van der Waals surface area contributed by atoms with E-state index in [1.165, 1.54) is 11.7 Å². The first kappa shape index (κ1) is 18.7. The van der Waals surface area contributed by atoms with E-state index in [2.05, 4.69) is 10.6 Å². The molecule has 8 nitrogen and oxygen atoms in total. The zero-order valence-electron chi connectivity index (χ0n) is 13.3. The molecule has 1 unspecified atom stereocenters. The number of carbonyl (C=O) groups excluding carboxylic acids is 3. The van der Waals surface area contributed by atoms with Gasteiger partial charge < -0.3 is 15.1 Å². The number of carbonyl (C=O) groups is 3. The van der Waals surface area contributed by atoms with Crippen LogP contribution in [0.1, 0.15) is 32.4 Å². The molecule has 8 heteroatoms. The van der Waals surface area contributed by atoms with Crippen molar-refractivity contribution in [3.63, 3.8) is 0 Å². The lowest BCUT2D eigenvalue weighted by molar-refractivity contribution is -0.135. The van der Waals surface area contributed by atoms with E-state index in [1.807, 2.05) is 13.8 Å². The van der Waals surface area contributed by atoms with Crippen molar-refractivity contribution in [3.8, 4) is 0 Å². The molecule has 0 aliphatic carbocycles. The standard InChI is InChI=1S/C15H23N3O5/c1-10(2)6-11(7-13(19)18-22)15(21)17-9-14(20)16-8-12-4-3-5-23-12/h3-5,10-11,22H,6-9H2,1-2H3,(H,16,20)(H,17,21)(H,18,19). The van der Waals surface area contributed by atoms with E-state index in [0.717, 1.165) is 0 Å². The summed E-state index contributed by atoms with van der Waals surface area (Å²) in [5.41, 5.74) is 1.52. The van der Waals surface area contributed by atoms with Crippen LogP contribution in [-0.4, -0.2) is 29.5 Å². The zero-order chi connectivity index (χ0) is 17.2. The quantitative estimate of drug-likeness (QED) is 0.391. The highest BCUT2D eigenvalue weighted by atomic mass is 16.5. The van der Waals surface area contributed by atoms with Crippen LogP contribution in [-0.2, 0) is 20.9 Å². The van der Waals surface area contributed by atoms with Crippen molar-refractivity contribution in [2.24, 2.45) is 11.8 Å². The summed E-state index contributed by atoms with van der Waals surface area (Å²) in [4.78, 5) is 35.0. The second kappa shape index (κ2) is 9.62. The van der Waals surface area contributed by atoms with Crippen molar-refractivity contribution in [2.75, 3.05) is 6.54 Å². The third-order valence-electron chi connectivity index (χ3n) is 3.15. The number of rotatable bonds is 9. The molecular formula is C15H23N3O5. The van der Waals surface area contributed by atoms with Crippen LogP contribution < -0.4 is 16.1 Å². The minimum absolute atomic E-state index is 0.130. The van der Waals surface area contributed by atoms with Crippen LogP contribution in [0.5, 0.6) is 0 Å². The van der Waals surface area contributed by atoms with Crippen LogP contribution in [0.15, 0.2) is 22.8 Å². The Bertz CT molecular complexity index is 513. The van der Waals surface area contributed by atoms with Crippen molar-refractivity contribution in [3.05, 3.63) is 24.2 Å². The SMILES string of the molecule is CC(C)CC(CC(=O)NO)C(=O)NCC(=O)NCc1ccco1. The Morgan fingerprint density at radius 1 is 1.22 bits per heavy atom. The summed E-state index contributed by atoms with van der Waals surface area (Å²) in [6.07, 6.45) is 1.85. The molecule has 4 N–H and O–H groups in total. The zero-order valence-corrected chi connectivity index (χ0v) is 13.3. The summed E-state index contributed by atoms with van der Waals surface area (Å²) in [5, 5.41) is 13.7. The molecule has 0 saturated carbocycles. The largest absolute Gasteiger partial charge is 0.467 e. The first-order valence-corrected chi connectivity index (χ1v) is 7.42. The lowest BCUT2D eigenvalue weighted by Gasteiger charge is -2.17. The van der Waals surface area contributed by atoms with Crippen molar-refractivity contribution in [1.29, 1.82) is 0 Å². The highest BCUT2D eigenvalue weighted by Crippen LogP contribution is 2.15. The van der Waals surface area contributed by atoms with E-state index >= 15 is 0 Å². The number of nitrogens with one attached hydrogen (secondary N) is 3. The first-order valence-electron chi connectivity index (χ1n) is 7.42. The van der Waals surface area contributed by atoms with E-state index < -0.39 is 17.7 Å². The van der Waals surface area contributed by atoms with Gasteiger partial charge in [-0.15, -0.1) is 0 Å². The first-order chi connectivity index (χ1) is 10.9. The second-order valence-electron chi connectivity index (χ2n) is 5.64. The lowest BCUT2D eigenvalue weighted by Crippen LogP contribution is -2.40. The Hall–Kier alpha value is -2.35. The lowest BCUT2D eigenvalue weighted by atomic mass is 9.93. The summed E-state index contributed by atoms with van der Waals surface area (Å²) in [6.45, 7) is 3.90. The van der Waals surface area contributed by atoms with Crippen LogP contribution >= 0.6 is 0 Å². The molecule has 0 bridgehead atoms. The number of furan rings is 1. The van der Waals surface area contributed by atoms with Gasteiger partial charge >= 0.3 is 0 Å². The normalized spacial score (nSPS) is 11.8. The van der Waals surface area contributed by atoms with E-state index in [4.69, 9.17) is 9.62 Å². The third-order valence-corrected chi connectivity index (χ3v) is 3.15. The van der Waals surface area contributed by atoms with Gasteiger partial charge in [0.05, 0.1) is 19.4 Å². The second-order valence-corrected chi connectivity index (χ2v) is 5.64. The highest BCUT2D eigenvalue weighted by molar-refractivity contribution is 5.88. The molecule has 0 aliphatic rings. The molecule has 0 radical (unpaired) electrons. The fraction of sp³-hybridized carbons (Fsp3) is 0.533. The Labute approximate surface area is 134 Å². The third kappa shape index (κ3) is 7.46. The van der Waals surface area contributed by atoms with Crippen LogP contribution in [0, 0.1) is 11.8 Å². The Morgan fingerprint density at radius 2 is 1.96 bits per heavy atom. The molecule has 1 aromatic rings. The monoisotopic (exact) mass is 325 g/mol. The van der Waals surface area contributed by atoms with E-state index in [9.17, 15) is 14.4 Å². The van der Waals surface area contributed by atoms with Gasteiger partial charge in [-0.25, -0.2) is 5.48 Å². The predicted molar refractivity (Wildman–Crippen MR) is 81.1 cm³/mol. The summed E-state index contributed by atoms with van der Waals surface area (Å²) in [7, 11) is 0. The van der Waals surface area contributed by atoms with Gasteiger partial charge in [0.2, 0.25) is 17.7 Å². The highest BCUT2D eigenvalue weighted by Gasteiger charge is 2.23. The van der Waals surface area contributed by atoms with Crippen molar-refractivity contribution in [2.45, 2.75) is 33.2 Å². The number of hydrogen-bond donors (Lipinski definition) is 4. The summed E-state index contributed by atoms with van der Waals surface area (Å²) >= 11 is 0. The van der Waals surface area contributed by atoms with Gasteiger partial charge in [-0.1, -0.05) is 13.8 Å². The van der Waals surface area contributed by atoms with Gasteiger partial charge in [0.25, 0.3) is 0 Å². The average molecular weight is 325 g/mol. The fourth-order valence-electron chi connectivity index (χ4n) is 2.09. The Balaban J connectivity index is 2.40. The van der Waals surface area contributed by atoms with Crippen molar-refractivity contribution in [1.82, 2.24) is 16.1 Å². The van der Waals surface area contributed by atoms with Crippen molar-refractivity contribution >= 4 is 17.7 Å². The number of amides is 3. The van der Waals surface area contributed by atoms with E-state index in [-0.39, 0.29) is 31.3 Å². The molecule has 0 aromatic carbocycles. The maximum Gasteiger partial charge on any atom is 0.244 e. The van der Waals surface area contributed by atoms with Crippen LogP contribution in [0.2, 0.25) is 0 Å². The van der Waals surface area contributed by atoms with E-state index in [0.29, 0.717) is 12.2 Å². The minimum Gasteiger partial charge on any atom is -0.467 e. The topological polar surface area (TPSA) is 121 Å². The molecule has 23 heavy (non-hydrogen) atoms. The van der Waals surface area contributed by atoms with Gasteiger partial charge in [0.15, 0.2) is 0 Å². The van der Waals surface area contributed by atoms with Gasteiger partial charge in [0.1, 0.15) is 5.76 Å². The molecule has 0 fully saturated rings. The molecular weight excluding hydrogens is 302 g/mol. The summed E-state index contributed by atoms with van der Waals surface area (Å²) < 4.78 is 5.08. The maximum atomic E-state index is 12.1. The minimum atomic E-state index is -0.631.